The fraction of sp³-hybridized carbons (Fsp3) is 0.737. The van der Waals surface area contributed by atoms with Crippen molar-refractivity contribution < 1.29 is 14.0 Å². The van der Waals surface area contributed by atoms with Gasteiger partial charge in [0.1, 0.15) is 0 Å². The predicted octanol–water partition coefficient (Wildman–Crippen LogP) is 5.24. The van der Waals surface area contributed by atoms with E-state index in [1.165, 1.54) is 0 Å². The molecule has 1 fully saturated rings. The van der Waals surface area contributed by atoms with Crippen LogP contribution in [0.15, 0.2) is 23.8 Å². The molecule has 132 valence electrons. The van der Waals surface area contributed by atoms with E-state index < -0.39 is 8.32 Å². The Bertz CT molecular complexity index is 495. The average Bonchev–Trinajstić information content (AvgIpc) is 2.31. The van der Waals surface area contributed by atoms with Crippen LogP contribution in [-0.2, 0) is 14.0 Å². The van der Waals surface area contributed by atoms with E-state index in [0.717, 1.165) is 24.0 Å². The second-order valence-electron chi connectivity index (χ2n) is 8.87. The Balaban J connectivity index is 3.14. The molecule has 0 amide bonds. The summed E-state index contributed by atoms with van der Waals surface area (Å²) in [6.45, 7) is 22.1. The van der Waals surface area contributed by atoms with Gasteiger partial charge in [0.25, 0.3) is 0 Å². The first-order chi connectivity index (χ1) is 10.3. The maximum atomic E-state index is 11.9. The summed E-state index contributed by atoms with van der Waals surface area (Å²) in [5.74, 6) is -0.299. The quantitative estimate of drug-likeness (QED) is 0.399. The van der Waals surface area contributed by atoms with Gasteiger partial charge >= 0.3 is 5.97 Å². The molecule has 0 aromatic rings. The van der Waals surface area contributed by atoms with Gasteiger partial charge in [-0.25, -0.2) is 4.79 Å². The summed E-state index contributed by atoms with van der Waals surface area (Å²) in [5.41, 5.74) is 2.06. The SMILES string of the molecule is C=C1CC(C)(C)CC(O[Si](C)(C)C(C)(C)C)/C1=C\C(=O)OCC. The van der Waals surface area contributed by atoms with Crippen molar-refractivity contribution in [2.75, 3.05) is 6.61 Å². The molecule has 1 rings (SSSR count). The third-order valence-corrected chi connectivity index (χ3v) is 9.47. The van der Waals surface area contributed by atoms with Crippen molar-refractivity contribution in [3.63, 3.8) is 0 Å². The van der Waals surface area contributed by atoms with Crippen molar-refractivity contribution in [3.8, 4) is 0 Å². The highest BCUT2D eigenvalue weighted by atomic mass is 28.4. The van der Waals surface area contributed by atoms with E-state index >= 15 is 0 Å². The van der Waals surface area contributed by atoms with Gasteiger partial charge in [0, 0.05) is 6.08 Å². The Kier molecular flexibility index (Phi) is 6.08. The van der Waals surface area contributed by atoms with E-state index in [-0.39, 0.29) is 22.5 Å². The van der Waals surface area contributed by atoms with E-state index in [9.17, 15) is 4.79 Å². The van der Waals surface area contributed by atoms with Gasteiger partial charge in [0.2, 0.25) is 0 Å². The lowest BCUT2D eigenvalue weighted by Gasteiger charge is -2.45. The van der Waals surface area contributed by atoms with Crippen LogP contribution >= 0.6 is 0 Å². The van der Waals surface area contributed by atoms with Crippen LogP contribution in [0.2, 0.25) is 18.1 Å². The van der Waals surface area contributed by atoms with Gasteiger partial charge in [-0.3, -0.25) is 0 Å². The van der Waals surface area contributed by atoms with Crippen LogP contribution in [0.3, 0.4) is 0 Å². The van der Waals surface area contributed by atoms with Gasteiger partial charge in [-0.2, -0.15) is 0 Å². The Morgan fingerprint density at radius 1 is 1.39 bits per heavy atom. The average molecular weight is 339 g/mol. The van der Waals surface area contributed by atoms with Gasteiger partial charge in [-0.1, -0.05) is 41.2 Å². The zero-order valence-corrected chi connectivity index (χ0v) is 17.2. The van der Waals surface area contributed by atoms with Crippen molar-refractivity contribution in [1.29, 1.82) is 0 Å². The molecule has 0 spiro atoms. The van der Waals surface area contributed by atoms with Gasteiger partial charge in [-0.15, -0.1) is 0 Å². The maximum absolute atomic E-state index is 11.9. The molecular weight excluding hydrogens is 304 g/mol. The molecule has 1 atom stereocenters. The van der Waals surface area contributed by atoms with Crippen LogP contribution in [0.25, 0.3) is 0 Å². The number of hydrogen-bond acceptors (Lipinski definition) is 3. The summed E-state index contributed by atoms with van der Waals surface area (Å²) in [4.78, 5) is 11.9. The molecule has 0 aromatic carbocycles. The molecule has 0 aromatic heterocycles. The topological polar surface area (TPSA) is 35.5 Å². The predicted molar refractivity (Wildman–Crippen MR) is 98.9 cm³/mol. The molecule has 4 heteroatoms. The summed E-state index contributed by atoms with van der Waals surface area (Å²) in [6.07, 6.45) is 3.31. The van der Waals surface area contributed by atoms with E-state index in [4.69, 9.17) is 9.16 Å². The minimum Gasteiger partial charge on any atom is -0.463 e. The smallest absolute Gasteiger partial charge is 0.331 e. The highest BCUT2D eigenvalue weighted by molar-refractivity contribution is 6.74. The molecule has 1 unspecified atom stereocenters. The van der Waals surface area contributed by atoms with Crippen molar-refractivity contribution >= 4 is 14.3 Å². The van der Waals surface area contributed by atoms with Crippen LogP contribution in [0.1, 0.15) is 54.4 Å². The van der Waals surface area contributed by atoms with Gasteiger partial charge < -0.3 is 9.16 Å². The van der Waals surface area contributed by atoms with Crippen LogP contribution in [0, 0.1) is 5.41 Å². The van der Waals surface area contributed by atoms with Crippen LogP contribution in [0.4, 0.5) is 0 Å². The molecule has 23 heavy (non-hydrogen) atoms. The van der Waals surface area contributed by atoms with E-state index in [0.29, 0.717) is 6.61 Å². The monoisotopic (exact) mass is 338 g/mol. The Labute approximate surface area is 143 Å². The van der Waals surface area contributed by atoms with E-state index in [2.05, 4.69) is 54.3 Å². The Morgan fingerprint density at radius 2 is 1.96 bits per heavy atom. The van der Waals surface area contributed by atoms with Crippen molar-refractivity contribution in [2.24, 2.45) is 5.41 Å². The molecule has 1 aliphatic carbocycles. The normalized spacial score (nSPS) is 23.9. The first kappa shape index (κ1) is 20.2. The zero-order valence-electron chi connectivity index (χ0n) is 16.2. The van der Waals surface area contributed by atoms with E-state index in [1.54, 1.807) is 6.08 Å². The minimum atomic E-state index is -1.93. The molecule has 0 N–H and O–H groups in total. The molecule has 0 radical (unpaired) electrons. The Hall–Kier alpha value is -0.873. The molecule has 0 bridgehead atoms. The first-order valence-electron chi connectivity index (χ1n) is 8.53. The molecular formula is C19H34O3Si. The molecule has 1 saturated carbocycles. The first-order valence-corrected chi connectivity index (χ1v) is 11.4. The minimum absolute atomic E-state index is 0.0726. The third-order valence-electron chi connectivity index (χ3n) is 4.99. The Morgan fingerprint density at radius 3 is 2.43 bits per heavy atom. The summed E-state index contributed by atoms with van der Waals surface area (Å²) >= 11 is 0. The molecule has 0 saturated heterocycles. The maximum Gasteiger partial charge on any atom is 0.331 e. The fourth-order valence-corrected chi connectivity index (χ4v) is 4.01. The van der Waals surface area contributed by atoms with Crippen LogP contribution < -0.4 is 0 Å². The number of rotatable bonds is 4. The molecule has 3 nitrogen and oxygen atoms in total. The largest absolute Gasteiger partial charge is 0.463 e. The van der Waals surface area contributed by atoms with Crippen molar-refractivity contribution in [3.05, 3.63) is 23.8 Å². The lowest BCUT2D eigenvalue weighted by Crippen LogP contribution is -2.46. The second-order valence-corrected chi connectivity index (χ2v) is 13.6. The lowest BCUT2D eigenvalue weighted by atomic mass is 9.72. The van der Waals surface area contributed by atoms with Gasteiger partial charge in [-0.05, 0) is 54.5 Å². The van der Waals surface area contributed by atoms with Crippen molar-refractivity contribution in [2.45, 2.75) is 78.6 Å². The summed E-state index contributed by atoms with van der Waals surface area (Å²) in [7, 11) is -1.93. The van der Waals surface area contributed by atoms with Gasteiger partial charge in [0.15, 0.2) is 8.32 Å². The second kappa shape index (κ2) is 6.94. The lowest BCUT2D eigenvalue weighted by molar-refractivity contribution is -0.137. The number of esters is 1. The number of carbonyl (C=O) groups is 1. The zero-order chi connectivity index (χ0) is 18.1. The fourth-order valence-electron chi connectivity index (χ4n) is 2.73. The van der Waals surface area contributed by atoms with Crippen molar-refractivity contribution in [1.82, 2.24) is 0 Å². The van der Waals surface area contributed by atoms with Crippen LogP contribution in [0.5, 0.6) is 0 Å². The summed E-state index contributed by atoms with van der Waals surface area (Å²) in [5, 5.41) is 0.130. The highest BCUT2D eigenvalue weighted by Gasteiger charge is 2.43. The number of carbonyl (C=O) groups excluding carboxylic acids is 1. The van der Waals surface area contributed by atoms with Gasteiger partial charge in [0.05, 0.1) is 12.7 Å². The summed E-state index contributed by atoms with van der Waals surface area (Å²) in [6, 6.07) is 0. The summed E-state index contributed by atoms with van der Waals surface area (Å²) < 4.78 is 11.7. The molecule has 1 aliphatic rings. The third kappa shape index (κ3) is 5.32. The molecule has 0 heterocycles. The standard InChI is InChI=1S/C19H34O3Si/c1-10-21-17(20)11-15-14(2)12-19(6,7)13-16(15)22-23(8,9)18(3,4)5/h11,16H,2,10,12-13H2,1,3-9H3/b15-11-. The van der Waals surface area contributed by atoms with Crippen LogP contribution in [-0.4, -0.2) is 27.0 Å². The highest BCUT2D eigenvalue weighted by Crippen LogP contribution is 2.45. The number of hydrogen-bond donors (Lipinski definition) is 0. The number of ether oxygens (including phenoxy) is 1. The van der Waals surface area contributed by atoms with E-state index in [1.807, 2.05) is 6.92 Å². The molecule has 0 aliphatic heterocycles.